The third kappa shape index (κ3) is 3.17. The Morgan fingerprint density at radius 3 is 2.67 bits per heavy atom. The molecular weight excluding hydrogens is 360 g/mol. The van der Waals surface area contributed by atoms with Gasteiger partial charge in [0.1, 0.15) is 4.60 Å². The highest BCUT2D eigenvalue weighted by atomic mass is 79.9. The summed E-state index contributed by atoms with van der Waals surface area (Å²) < 4.78 is 1.51. The van der Waals surface area contributed by atoms with Crippen molar-refractivity contribution in [2.75, 3.05) is 5.32 Å². The Morgan fingerprint density at radius 1 is 1.22 bits per heavy atom. The van der Waals surface area contributed by atoms with Gasteiger partial charge in [0.2, 0.25) is 0 Å². The van der Waals surface area contributed by atoms with Gasteiger partial charge in [0, 0.05) is 4.47 Å². The molecule has 3 nitrogen and oxygen atoms in total. The van der Waals surface area contributed by atoms with E-state index in [0.717, 1.165) is 14.6 Å². The summed E-state index contributed by atoms with van der Waals surface area (Å²) in [6, 6.07) is 9.22. The summed E-state index contributed by atoms with van der Waals surface area (Å²) in [5, 5.41) is 2.80. The number of halogens is 2. The van der Waals surface area contributed by atoms with Crippen molar-refractivity contribution in [2.45, 2.75) is 6.92 Å². The standard InChI is InChI=1S/C13H10Br2N2O/c1-8-2-4-11(14)10(6-8)13(18)17-9-3-5-12(15)16-7-9/h2-7H,1H3,(H,17,18). The summed E-state index contributed by atoms with van der Waals surface area (Å²) in [5.41, 5.74) is 2.31. The normalized spacial score (nSPS) is 10.2. The SMILES string of the molecule is Cc1ccc(Br)c(C(=O)Nc2ccc(Br)nc2)c1. The molecule has 2 rings (SSSR count). The van der Waals surface area contributed by atoms with Crippen molar-refractivity contribution in [1.29, 1.82) is 0 Å². The number of anilines is 1. The lowest BCUT2D eigenvalue weighted by molar-refractivity contribution is 0.102. The van der Waals surface area contributed by atoms with Crippen LogP contribution in [0, 0.1) is 6.92 Å². The molecule has 0 spiro atoms. The highest BCUT2D eigenvalue weighted by molar-refractivity contribution is 9.10. The zero-order valence-electron chi connectivity index (χ0n) is 9.58. The fourth-order valence-electron chi connectivity index (χ4n) is 1.46. The molecule has 0 aliphatic heterocycles. The Morgan fingerprint density at radius 2 is 2.00 bits per heavy atom. The summed E-state index contributed by atoms with van der Waals surface area (Å²) in [6.07, 6.45) is 1.60. The van der Waals surface area contributed by atoms with Crippen LogP contribution in [0.2, 0.25) is 0 Å². The molecule has 1 heterocycles. The van der Waals surface area contributed by atoms with Gasteiger partial charge in [0.25, 0.3) is 5.91 Å². The Bertz CT molecular complexity index is 582. The maximum absolute atomic E-state index is 12.1. The topological polar surface area (TPSA) is 42.0 Å². The Balaban J connectivity index is 2.21. The number of aryl methyl sites for hydroxylation is 1. The monoisotopic (exact) mass is 368 g/mol. The van der Waals surface area contributed by atoms with Crippen LogP contribution >= 0.6 is 31.9 Å². The van der Waals surface area contributed by atoms with Crippen LogP contribution < -0.4 is 5.32 Å². The number of rotatable bonds is 2. The van der Waals surface area contributed by atoms with Gasteiger partial charge in [0.15, 0.2) is 0 Å². The summed E-state index contributed by atoms with van der Waals surface area (Å²) in [4.78, 5) is 16.1. The molecule has 0 bridgehead atoms. The zero-order valence-corrected chi connectivity index (χ0v) is 12.7. The number of amides is 1. The molecule has 0 unspecified atom stereocenters. The molecule has 2 aromatic rings. The van der Waals surface area contributed by atoms with Crippen molar-refractivity contribution in [2.24, 2.45) is 0 Å². The van der Waals surface area contributed by atoms with Crippen LogP contribution in [0.25, 0.3) is 0 Å². The molecule has 0 aliphatic carbocycles. The van der Waals surface area contributed by atoms with E-state index in [4.69, 9.17) is 0 Å². The van der Waals surface area contributed by atoms with E-state index in [1.165, 1.54) is 0 Å². The predicted octanol–water partition coefficient (Wildman–Crippen LogP) is 4.17. The van der Waals surface area contributed by atoms with Gasteiger partial charge in [-0.25, -0.2) is 4.98 Å². The lowest BCUT2D eigenvalue weighted by Gasteiger charge is -2.07. The largest absolute Gasteiger partial charge is 0.321 e. The zero-order chi connectivity index (χ0) is 13.1. The number of hydrogen-bond donors (Lipinski definition) is 1. The maximum Gasteiger partial charge on any atom is 0.256 e. The lowest BCUT2D eigenvalue weighted by Crippen LogP contribution is -2.12. The van der Waals surface area contributed by atoms with Gasteiger partial charge in [-0.3, -0.25) is 4.79 Å². The van der Waals surface area contributed by atoms with Crippen LogP contribution in [0.15, 0.2) is 45.6 Å². The van der Waals surface area contributed by atoms with Crippen molar-refractivity contribution >= 4 is 43.5 Å². The molecule has 1 amide bonds. The number of nitrogens with one attached hydrogen (secondary N) is 1. The molecule has 0 fully saturated rings. The van der Waals surface area contributed by atoms with Crippen molar-refractivity contribution in [1.82, 2.24) is 4.98 Å². The minimum absolute atomic E-state index is 0.158. The van der Waals surface area contributed by atoms with Crippen molar-refractivity contribution in [3.8, 4) is 0 Å². The first-order valence-corrected chi connectivity index (χ1v) is 6.84. The first-order chi connectivity index (χ1) is 8.56. The summed E-state index contributed by atoms with van der Waals surface area (Å²) in [6.45, 7) is 1.95. The highest BCUT2D eigenvalue weighted by Crippen LogP contribution is 2.20. The van der Waals surface area contributed by atoms with Crippen molar-refractivity contribution in [3.63, 3.8) is 0 Å². The van der Waals surface area contributed by atoms with E-state index >= 15 is 0 Å². The van der Waals surface area contributed by atoms with Gasteiger partial charge in [-0.05, 0) is 63.0 Å². The number of hydrogen-bond acceptors (Lipinski definition) is 2. The number of carbonyl (C=O) groups excluding carboxylic acids is 1. The molecule has 0 saturated carbocycles. The van der Waals surface area contributed by atoms with Crippen molar-refractivity contribution < 1.29 is 4.79 Å². The smallest absolute Gasteiger partial charge is 0.256 e. The maximum atomic E-state index is 12.1. The minimum Gasteiger partial charge on any atom is -0.321 e. The van der Waals surface area contributed by atoms with E-state index in [1.54, 1.807) is 18.3 Å². The number of benzene rings is 1. The molecule has 0 saturated heterocycles. The first-order valence-electron chi connectivity index (χ1n) is 5.25. The average molecular weight is 370 g/mol. The lowest BCUT2D eigenvalue weighted by atomic mass is 10.1. The second-order valence-corrected chi connectivity index (χ2v) is 5.47. The molecular formula is C13H10Br2N2O. The van der Waals surface area contributed by atoms with E-state index in [1.807, 2.05) is 25.1 Å². The molecule has 5 heteroatoms. The summed E-state index contributed by atoms with van der Waals surface area (Å²) in [5.74, 6) is -0.158. The molecule has 1 aromatic heterocycles. The third-order valence-electron chi connectivity index (χ3n) is 2.35. The number of pyridine rings is 1. The summed E-state index contributed by atoms with van der Waals surface area (Å²) in [7, 11) is 0. The fourth-order valence-corrected chi connectivity index (χ4v) is 2.12. The van der Waals surface area contributed by atoms with Gasteiger partial charge in [0.05, 0.1) is 17.4 Å². The van der Waals surface area contributed by atoms with E-state index in [-0.39, 0.29) is 5.91 Å². The second-order valence-electron chi connectivity index (χ2n) is 3.81. The van der Waals surface area contributed by atoms with E-state index in [9.17, 15) is 4.79 Å². The van der Waals surface area contributed by atoms with Gasteiger partial charge >= 0.3 is 0 Å². The number of carbonyl (C=O) groups is 1. The quantitative estimate of drug-likeness (QED) is 0.807. The van der Waals surface area contributed by atoms with Crippen LogP contribution in [-0.4, -0.2) is 10.9 Å². The Kier molecular flexibility index (Phi) is 4.14. The van der Waals surface area contributed by atoms with E-state index < -0.39 is 0 Å². The Labute approximate surface area is 122 Å². The molecule has 18 heavy (non-hydrogen) atoms. The van der Waals surface area contributed by atoms with Gasteiger partial charge in [-0.1, -0.05) is 11.6 Å². The van der Waals surface area contributed by atoms with E-state index in [0.29, 0.717) is 11.3 Å². The molecule has 0 atom stereocenters. The van der Waals surface area contributed by atoms with Crippen LogP contribution in [0.3, 0.4) is 0 Å². The average Bonchev–Trinajstić information content (AvgIpc) is 2.35. The third-order valence-corrected chi connectivity index (χ3v) is 3.51. The van der Waals surface area contributed by atoms with Gasteiger partial charge in [-0.2, -0.15) is 0 Å². The molecule has 92 valence electrons. The second kappa shape index (κ2) is 5.63. The first kappa shape index (κ1) is 13.2. The van der Waals surface area contributed by atoms with Crippen molar-refractivity contribution in [3.05, 3.63) is 56.7 Å². The molecule has 0 aliphatic rings. The van der Waals surface area contributed by atoms with Crippen LogP contribution in [-0.2, 0) is 0 Å². The van der Waals surface area contributed by atoms with Gasteiger partial charge < -0.3 is 5.32 Å². The molecule has 1 aromatic carbocycles. The predicted molar refractivity (Wildman–Crippen MR) is 78.8 cm³/mol. The highest BCUT2D eigenvalue weighted by Gasteiger charge is 2.10. The number of aromatic nitrogens is 1. The van der Waals surface area contributed by atoms with E-state index in [2.05, 4.69) is 42.2 Å². The van der Waals surface area contributed by atoms with Crippen LogP contribution in [0.1, 0.15) is 15.9 Å². The molecule has 1 N–H and O–H groups in total. The van der Waals surface area contributed by atoms with Crippen LogP contribution in [0.5, 0.6) is 0 Å². The fraction of sp³-hybridized carbons (Fsp3) is 0.0769. The molecule has 0 radical (unpaired) electrons. The summed E-state index contributed by atoms with van der Waals surface area (Å²) >= 11 is 6.62. The number of nitrogens with zero attached hydrogens (tertiary/aromatic N) is 1. The van der Waals surface area contributed by atoms with Crippen LogP contribution in [0.4, 0.5) is 5.69 Å². The minimum atomic E-state index is -0.158. The van der Waals surface area contributed by atoms with Gasteiger partial charge in [-0.15, -0.1) is 0 Å². The Hall–Kier alpha value is -1.20.